The van der Waals surface area contributed by atoms with Gasteiger partial charge in [-0.15, -0.1) is 11.3 Å². The lowest BCUT2D eigenvalue weighted by atomic mass is 9.86. The SMILES string of the molecule is CNc1nc(N2CCC3(CCN(Cc4ccc5c(cc(C#N)n5CCc5cn[nH]c5)c4C)C3)C2)c2cc(CC(F)(F)F)sc2n1. The van der Waals surface area contributed by atoms with Gasteiger partial charge in [0.15, 0.2) is 0 Å². The molecule has 2 N–H and O–H groups in total. The maximum absolute atomic E-state index is 13.2. The van der Waals surface area contributed by atoms with Crippen LogP contribution in [-0.4, -0.2) is 69.0 Å². The number of aromatic amines is 1. The molecular weight excluding hydrogens is 599 g/mol. The van der Waals surface area contributed by atoms with Crippen molar-refractivity contribution in [3.05, 3.63) is 63.9 Å². The molecule has 234 valence electrons. The summed E-state index contributed by atoms with van der Waals surface area (Å²) < 4.78 is 41.6. The van der Waals surface area contributed by atoms with E-state index in [4.69, 9.17) is 4.98 Å². The Kier molecular flexibility index (Phi) is 7.44. The minimum Gasteiger partial charge on any atom is -0.357 e. The lowest BCUT2D eigenvalue weighted by Crippen LogP contribution is -2.31. The quantitative estimate of drug-likeness (QED) is 0.215. The Bertz CT molecular complexity index is 1900. The first-order chi connectivity index (χ1) is 21.6. The molecule has 0 saturated carbocycles. The predicted molar refractivity (Wildman–Crippen MR) is 170 cm³/mol. The number of aryl methyl sites for hydroxylation is 3. The number of nitrogens with one attached hydrogen (secondary N) is 2. The van der Waals surface area contributed by atoms with Gasteiger partial charge in [0.25, 0.3) is 0 Å². The number of aromatic nitrogens is 5. The number of fused-ring (bicyclic) bond motifs is 2. The number of thiophene rings is 1. The van der Waals surface area contributed by atoms with E-state index in [0.717, 1.165) is 85.6 Å². The zero-order chi connectivity index (χ0) is 31.3. The summed E-state index contributed by atoms with van der Waals surface area (Å²) in [6, 6.07) is 10.4. The molecule has 2 aliphatic rings. The fourth-order valence-corrected chi connectivity index (χ4v) is 8.18. The number of halogens is 3. The zero-order valence-electron chi connectivity index (χ0n) is 25.2. The Morgan fingerprint density at radius 3 is 2.73 bits per heavy atom. The summed E-state index contributed by atoms with van der Waals surface area (Å²) in [6.45, 7) is 7.24. The molecule has 1 spiro atoms. The second-order valence-electron chi connectivity index (χ2n) is 12.4. The zero-order valence-corrected chi connectivity index (χ0v) is 26.0. The van der Waals surface area contributed by atoms with E-state index in [0.29, 0.717) is 28.4 Å². The summed E-state index contributed by atoms with van der Waals surface area (Å²) in [5.74, 6) is 1.14. The minimum absolute atomic E-state index is 0.101. The summed E-state index contributed by atoms with van der Waals surface area (Å²) in [4.78, 5) is 14.8. The number of anilines is 2. The van der Waals surface area contributed by atoms with Crippen LogP contribution in [0.3, 0.4) is 0 Å². The van der Waals surface area contributed by atoms with Gasteiger partial charge < -0.3 is 14.8 Å². The molecule has 0 bridgehead atoms. The van der Waals surface area contributed by atoms with E-state index in [1.807, 2.05) is 18.5 Å². The van der Waals surface area contributed by atoms with E-state index in [9.17, 15) is 18.4 Å². The molecule has 6 heterocycles. The van der Waals surface area contributed by atoms with E-state index in [1.54, 1.807) is 13.1 Å². The first kappa shape index (κ1) is 29.6. The topological polar surface area (TPSA) is 102 Å². The van der Waals surface area contributed by atoms with Gasteiger partial charge in [0.1, 0.15) is 22.4 Å². The summed E-state index contributed by atoms with van der Waals surface area (Å²) in [5.41, 5.74) is 5.41. The first-order valence-corrected chi connectivity index (χ1v) is 16.0. The van der Waals surface area contributed by atoms with E-state index >= 15 is 0 Å². The van der Waals surface area contributed by atoms with Crippen molar-refractivity contribution in [1.29, 1.82) is 5.26 Å². The van der Waals surface area contributed by atoms with Crippen LogP contribution in [0.4, 0.5) is 24.9 Å². The summed E-state index contributed by atoms with van der Waals surface area (Å²) in [6.07, 6.45) is 1.34. The Balaban J connectivity index is 1.08. The maximum atomic E-state index is 13.2. The van der Waals surface area contributed by atoms with Gasteiger partial charge in [-0.05, 0) is 67.6 Å². The van der Waals surface area contributed by atoms with Crippen LogP contribution >= 0.6 is 11.3 Å². The van der Waals surface area contributed by atoms with Crippen LogP contribution in [0.15, 0.2) is 36.7 Å². The van der Waals surface area contributed by atoms with Gasteiger partial charge in [0, 0.05) is 67.2 Å². The van der Waals surface area contributed by atoms with E-state index < -0.39 is 12.6 Å². The van der Waals surface area contributed by atoms with Gasteiger partial charge in [-0.1, -0.05) is 6.07 Å². The van der Waals surface area contributed by atoms with E-state index in [1.165, 1.54) is 11.1 Å². The van der Waals surface area contributed by atoms with Crippen LogP contribution in [-0.2, 0) is 25.9 Å². The Morgan fingerprint density at radius 1 is 1.13 bits per heavy atom. The summed E-state index contributed by atoms with van der Waals surface area (Å²) in [7, 11) is 1.73. The van der Waals surface area contributed by atoms with Gasteiger partial charge in [-0.25, -0.2) is 4.98 Å². The monoisotopic (exact) mass is 633 g/mol. The van der Waals surface area contributed by atoms with Gasteiger partial charge in [-0.3, -0.25) is 10.00 Å². The number of nitrogens with zero attached hydrogens (tertiary/aromatic N) is 7. The van der Waals surface area contributed by atoms with E-state index in [-0.39, 0.29) is 10.3 Å². The molecule has 7 rings (SSSR count). The van der Waals surface area contributed by atoms with Crippen molar-refractivity contribution in [2.45, 2.75) is 51.9 Å². The molecule has 4 aromatic heterocycles. The largest absolute Gasteiger partial charge is 0.393 e. The fraction of sp³-hybridized carbons (Fsp3) is 0.438. The third-order valence-electron chi connectivity index (χ3n) is 9.43. The lowest BCUT2D eigenvalue weighted by molar-refractivity contribution is -0.126. The average molecular weight is 634 g/mol. The third kappa shape index (κ3) is 5.73. The van der Waals surface area contributed by atoms with Crippen molar-refractivity contribution in [3.63, 3.8) is 0 Å². The molecule has 0 amide bonds. The van der Waals surface area contributed by atoms with Gasteiger partial charge in [0.05, 0.1) is 18.0 Å². The number of rotatable bonds is 8. The van der Waals surface area contributed by atoms with Crippen molar-refractivity contribution in [2.75, 3.05) is 43.4 Å². The van der Waals surface area contributed by atoms with Crippen molar-refractivity contribution in [2.24, 2.45) is 5.41 Å². The second-order valence-corrected chi connectivity index (χ2v) is 13.5. The highest BCUT2D eigenvalue weighted by Gasteiger charge is 2.44. The van der Waals surface area contributed by atoms with Crippen LogP contribution < -0.4 is 10.2 Å². The number of benzene rings is 1. The fourth-order valence-electron chi connectivity index (χ4n) is 7.13. The van der Waals surface area contributed by atoms with Crippen LogP contribution in [0.25, 0.3) is 21.1 Å². The van der Waals surface area contributed by atoms with Crippen molar-refractivity contribution in [3.8, 4) is 6.07 Å². The molecule has 2 saturated heterocycles. The Hall–Kier alpha value is -4.15. The summed E-state index contributed by atoms with van der Waals surface area (Å²) >= 11 is 1.09. The van der Waals surface area contributed by atoms with E-state index in [2.05, 4.69) is 60.0 Å². The maximum Gasteiger partial charge on any atom is 0.393 e. The highest BCUT2D eigenvalue weighted by Crippen LogP contribution is 2.44. The Morgan fingerprint density at radius 2 is 1.98 bits per heavy atom. The number of nitriles is 1. The molecule has 2 aliphatic heterocycles. The number of alkyl halides is 3. The minimum atomic E-state index is -4.27. The van der Waals surface area contributed by atoms with Crippen LogP contribution in [0, 0.1) is 23.7 Å². The second kappa shape index (κ2) is 11.3. The number of likely N-dealkylation sites (tertiary alicyclic amines) is 1. The van der Waals surface area contributed by atoms with Crippen molar-refractivity contribution < 1.29 is 13.2 Å². The molecule has 9 nitrogen and oxygen atoms in total. The molecule has 45 heavy (non-hydrogen) atoms. The van der Waals surface area contributed by atoms with Crippen LogP contribution in [0.5, 0.6) is 0 Å². The summed E-state index contributed by atoms with van der Waals surface area (Å²) in [5, 5.41) is 21.5. The van der Waals surface area contributed by atoms with Gasteiger partial charge >= 0.3 is 6.18 Å². The molecule has 1 atom stereocenters. The predicted octanol–water partition coefficient (Wildman–Crippen LogP) is 6.04. The molecular formula is C32H34F3N9S. The third-order valence-corrected chi connectivity index (χ3v) is 10.5. The van der Waals surface area contributed by atoms with Gasteiger partial charge in [0.2, 0.25) is 5.95 Å². The van der Waals surface area contributed by atoms with Crippen molar-refractivity contribution in [1.82, 2.24) is 29.6 Å². The average Bonchev–Trinajstić information content (AvgIpc) is 3.84. The molecule has 2 fully saturated rings. The lowest BCUT2D eigenvalue weighted by Gasteiger charge is -2.26. The number of hydrogen-bond donors (Lipinski definition) is 2. The molecule has 0 aliphatic carbocycles. The molecule has 1 unspecified atom stereocenters. The Labute approximate surface area is 262 Å². The number of hydrogen-bond acceptors (Lipinski definition) is 8. The van der Waals surface area contributed by atoms with Crippen LogP contribution in [0.1, 0.15) is 40.1 Å². The highest BCUT2D eigenvalue weighted by atomic mass is 32.1. The first-order valence-electron chi connectivity index (χ1n) is 15.2. The van der Waals surface area contributed by atoms with Gasteiger partial charge in [-0.2, -0.15) is 28.5 Å². The standard InChI is InChI=1S/C32H34F3N9S/c1-20-22(3-4-27-25(20)11-23(14-36)44(27)8-5-21-15-38-39-16-21)17-42-9-6-31(18-42)7-10-43(19-31)28-26-12-24(13-32(33,34)35)45-29(26)41-30(37-2)40-28/h3-4,11-12,15-16H,5-10,13,17-19H2,1-2H3,(H,38,39)(H,37,40,41). The highest BCUT2D eigenvalue weighted by molar-refractivity contribution is 7.18. The molecule has 13 heteroatoms. The smallest absolute Gasteiger partial charge is 0.357 e. The van der Waals surface area contributed by atoms with Crippen molar-refractivity contribution >= 4 is 44.2 Å². The van der Waals surface area contributed by atoms with Crippen LogP contribution in [0.2, 0.25) is 0 Å². The molecule has 1 aromatic carbocycles. The molecule has 0 radical (unpaired) electrons. The molecule has 5 aromatic rings. The normalized spacial score (nSPS) is 19.0. The number of H-pyrrole nitrogens is 1.